The van der Waals surface area contributed by atoms with Crippen LogP contribution < -0.4 is 9.47 Å². The topological polar surface area (TPSA) is 38.8 Å². The van der Waals surface area contributed by atoms with Crippen molar-refractivity contribution in [2.45, 2.75) is 37.1 Å². The lowest BCUT2D eigenvalue weighted by Crippen LogP contribution is -2.46. The van der Waals surface area contributed by atoms with Crippen molar-refractivity contribution in [1.82, 2.24) is 4.90 Å². The molecule has 122 valence electrons. The molecule has 1 aromatic carbocycles. The Hall–Kier alpha value is -1.99. The minimum absolute atomic E-state index is 0.0309. The first-order chi connectivity index (χ1) is 11.1. The lowest BCUT2D eigenvalue weighted by atomic mass is 9.66. The molecule has 1 saturated heterocycles. The van der Waals surface area contributed by atoms with Crippen LogP contribution >= 0.6 is 0 Å². The van der Waals surface area contributed by atoms with Gasteiger partial charge in [-0.15, -0.1) is 6.42 Å². The first-order valence-electron chi connectivity index (χ1n) is 8.07. The molecule has 1 aliphatic heterocycles. The molecule has 0 unspecified atom stereocenters. The van der Waals surface area contributed by atoms with E-state index < -0.39 is 0 Å². The Kier molecular flexibility index (Phi) is 4.32. The number of benzene rings is 1. The van der Waals surface area contributed by atoms with Crippen molar-refractivity contribution in [3.05, 3.63) is 23.8 Å². The minimum Gasteiger partial charge on any atom is -0.493 e. The van der Waals surface area contributed by atoms with Crippen LogP contribution in [0.5, 0.6) is 11.5 Å². The maximum atomic E-state index is 11.9. The third-order valence-corrected chi connectivity index (χ3v) is 5.40. The second-order valence-electron chi connectivity index (χ2n) is 6.50. The van der Waals surface area contributed by atoms with Crippen molar-refractivity contribution in [1.29, 1.82) is 0 Å². The van der Waals surface area contributed by atoms with Gasteiger partial charge in [-0.2, -0.15) is 0 Å². The Morgan fingerprint density at radius 2 is 2.22 bits per heavy atom. The van der Waals surface area contributed by atoms with Crippen molar-refractivity contribution >= 4 is 5.78 Å². The average molecular weight is 313 g/mol. The third kappa shape index (κ3) is 2.70. The van der Waals surface area contributed by atoms with Crippen LogP contribution in [-0.2, 0) is 10.2 Å². The molecular weight excluding hydrogens is 290 g/mol. The quantitative estimate of drug-likeness (QED) is 0.800. The van der Waals surface area contributed by atoms with Gasteiger partial charge in [-0.05, 0) is 44.1 Å². The highest BCUT2D eigenvalue weighted by atomic mass is 16.5. The normalized spacial score (nSPS) is 27.3. The molecule has 0 radical (unpaired) electrons. The fourth-order valence-corrected chi connectivity index (χ4v) is 4.14. The standard InChI is InChI=1S/C19H23NO3/c1-4-11-23-17-12-14(5-6-16(17)22-3)19-8-7-15(21)13-18(19)20(2)10-9-19/h1,5-6,12,18H,7-11,13H2,2-3H3/t18-,19-/m0/s1. The van der Waals surface area contributed by atoms with Crippen LogP contribution in [0, 0.1) is 12.3 Å². The van der Waals surface area contributed by atoms with Gasteiger partial charge in [0.2, 0.25) is 0 Å². The summed E-state index contributed by atoms with van der Waals surface area (Å²) in [4.78, 5) is 14.3. The fourth-order valence-electron chi connectivity index (χ4n) is 4.14. The molecular formula is C19H23NO3. The van der Waals surface area contributed by atoms with E-state index in [1.165, 1.54) is 5.56 Å². The second-order valence-corrected chi connectivity index (χ2v) is 6.50. The smallest absolute Gasteiger partial charge is 0.162 e. The Bertz CT molecular complexity index is 649. The number of likely N-dealkylation sites (tertiary alicyclic amines) is 1. The lowest BCUT2D eigenvalue weighted by molar-refractivity contribution is -0.122. The van der Waals surface area contributed by atoms with E-state index in [1.807, 2.05) is 6.07 Å². The van der Waals surface area contributed by atoms with Crippen LogP contribution in [0.3, 0.4) is 0 Å². The van der Waals surface area contributed by atoms with E-state index in [9.17, 15) is 4.79 Å². The summed E-state index contributed by atoms with van der Waals surface area (Å²) in [6.45, 7) is 1.24. The number of rotatable bonds is 4. The van der Waals surface area contributed by atoms with Gasteiger partial charge in [-0.25, -0.2) is 0 Å². The zero-order valence-electron chi connectivity index (χ0n) is 13.8. The van der Waals surface area contributed by atoms with Crippen LogP contribution in [0.15, 0.2) is 18.2 Å². The summed E-state index contributed by atoms with van der Waals surface area (Å²) in [5.74, 6) is 4.24. The fraction of sp³-hybridized carbons (Fsp3) is 0.526. The Morgan fingerprint density at radius 1 is 1.39 bits per heavy atom. The maximum absolute atomic E-state index is 11.9. The summed E-state index contributed by atoms with van der Waals surface area (Å²) in [6, 6.07) is 6.39. The molecule has 1 heterocycles. The van der Waals surface area contributed by atoms with Crippen LogP contribution in [0.2, 0.25) is 0 Å². The molecule has 0 amide bonds. The Labute approximate surface area is 137 Å². The Morgan fingerprint density at radius 3 is 2.96 bits per heavy atom. The molecule has 2 atom stereocenters. The number of likely N-dealkylation sites (N-methyl/N-ethyl adjacent to an activating group) is 1. The molecule has 1 aliphatic carbocycles. The molecule has 2 fully saturated rings. The van der Waals surface area contributed by atoms with E-state index in [0.29, 0.717) is 30.1 Å². The number of carbonyl (C=O) groups is 1. The highest BCUT2D eigenvalue weighted by Crippen LogP contribution is 2.49. The van der Waals surface area contributed by atoms with E-state index in [1.54, 1.807) is 7.11 Å². The van der Waals surface area contributed by atoms with Gasteiger partial charge in [0.1, 0.15) is 12.4 Å². The molecule has 3 rings (SSSR count). The van der Waals surface area contributed by atoms with Crippen molar-refractivity contribution in [3.8, 4) is 23.8 Å². The number of hydrogen-bond donors (Lipinski definition) is 0. The number of ether oxygens (including phenoxy) is 2. The maximum Gasteiger partial charge on any atom is 0.162 e. The molecule has 4 nitrogen and oxygen atoms in total. The van der Waals surface area contributed by atoms with Crippen LogP contribution in [0.4, 0.5) is 0 Å². The van der Waals surface area contributed by atoms with E-state index in [4.69, 9.17) is 15.9 Å². The van der Waals surface area contributed by atoms with E-state index in [0.717, 1.165) is 19.4 Å². The number of ketones is 1. The predicted molar refractivity (Wildman–Crippen MR) is 88.9 cm³/mol. The first kappa shape index (κ1) is 15.9. The average Bonchev–Trinajstić information content (AvgIpc) is 2.90. The summed E-state index contributed by atoms with van der Waals surface area (Å²) >= 11 is 0. The lowest BCUT2D eigenvalue weighted by Gasteiger charge is -2.41. The van der Waals surface area contributed by atoms with Gasteiger partial charge in [0, 0.05) is 24.3 Å². The monoisotopic (exact) mass is 313 g/mol. The highest BCUT2D eigenvalue weighted by Gasteiger charge is 2.50. The van der Waals surface area contributed by atoms with E-state index in [-0.39, 0.29) is 18.1 Å². The van der Waals surface area contributed by atoms with Gasteiger partial charge >= 0.3 is 0 Å². The molecule has 4 heteroatoms. The number of methoxy groups -OCH3 is 1. The van der Waals surface area contributed by atoms with Crippen molar-refractivity contribution in [2.75, 3.05) is 27.3 Å². The summed E-state index contributed by atoms with van der Waals surface area (Å²) < 4.78 is 11.0. The van der Waals surface area contributed by atoms with Gasteiger partial charge in [0.25, 0.3) is 0 Å². The summed E-state index contributed by atoms with van der Waals surface area (Å²) in [5, 5.41) is 0. The molecule has 0 bridgehead atoms. The number of Topliss-reactive ketones (excluding diaryl/α,β-unsaturated/α-hetero) is 1. The van der Waals surface area contributed by atoms with Crippen molar-refractivity contribution in [3.63, 3.8) is 0 Å². The summed E-state index contributed by atoms with van der Waals surface area (Å²) in [7, 11) is 3.74. The molecule has 2 aliphatic rings. The van der Waals surface area contributed by atoms with Gasteiger partial charge < -0.3 is 14.4 Å². The second kappa shape index (κ2) is 6.25. The third-order valence-electron chi connectivity index (χ3n) is 5.40. The van der Waals surface area contributed by atoms with E-state index >= 15 is 0 Å². The number of fused-ring (bicyclic) bond motifs is 1. The van der Waals surface area contributed by atoms with Gasteiger partial charge in [-0.1, -0.05) is 12.0 Å². The molecule has 0 aromatic heterocycles. The van der Waals surface area contributed by atoms with Crippen molar-refractivity contribution < 1.29 is 14.3 Å². The van der Waals surface area contributed by atoms with Gasteiger partial charge in [0.15, 0.2) is 11.5 Å². The number of hydrogen-bond acceptors (Lipinski definition) is 4. The minimum atomic E-state index is 0.0309. The number of terminal acetylenes is 1. The Balaban J connectivity index is 1.99. The molecule has 1 aromatic rings. The van der Waals surface area contributed by atoms with Gasteiger partial charge in [-0.3, -0.25) is 4.79 Å². The zero-order chi connectivity index (χ0) is 16.4. The van der Waals surface area contributed by atoms with Crippen molar-refractivity contribution in [2.24, 2.45) is 0 Å². The zero-order valence-corrected chi connectivity index (χ0v) is 13.8. The molecule has 0 spiro atoms. The van der Waals surface area contributed by atoms with Crippen LogP contribution in [0.1, 0.15) is 31.2 Å². The molecule has 23 heavy (non-hydrogen) atoms. The first-order valence-corrected chi connectivity index (χ1v) is 8.07. The van der Waals surface area contributed by atoms with Gasteiger partial charge in [0.05, 0.1) is 7.11 Å². The SMILES string of the molecule is C#CCOc1cc([C@@]23CCC(=O)C[C@@H]2N(C)CC3)ccc1OC. The molecule has 1 saturated carbocycles. The van der Waals surface area contributed by atoms with Crippen LogP contribution in [-0.4, -0.2) is 44.0 Å². The number of nitrogens with zero attached hydrogens (tertiary/aromatic N) is 1. The van der Waals surface area contributed by atoms with E-state index in [2.05, 4.69) is 30.0 Å². The molecule has 0 N–H and O–H groups in total. The van der Waals surface area contributed by atoms with Crippen LogP contribution in [0.25, 0.3) is 0 Å². The predicted octanol–water partition coefficient (Wildman–Crippen LogP) is 2.40. The summed E-state index contributed by atoms with van der Waals surface area (Å²) in [6.07, 6.45) is 8.59. The number of carbonyl (C=O) groups excluding carboxylic acids is 1. The highest BCUT2D eigenvalue weighted by molar-refractivity contribution is 5.81. The summed E-state index contributed by atoms with van der Waals surface area (Å²) in [5.41, 5.74) is 1.26. The largest absolute Gasteiger partial charge is 0.493 e.